The number of carbonyl (C=O) groups excluding carboxylic acids is 1. The molecule has 0 saturated carbocycles. The second-order valence-corrected chi connectivity index (χ2v) is 5.23. The Morgan fingerprint density at radius 3 is 2.29 bits per heavy atom. The zero-order valence-corrected chi connectivity index (χ0v) is 10.8. The fourth-order valence-corrected chi connectivity index (χ4v) is 1.66. The number of anilines is 1. The van der Waals surface area contributed by atoms with Gasteiger partial charge in [0.1, 0.15) is 0 Å². The van der Waals surface area contributed by atoms with Crippen molar-refractivity contribution in [1.29, 1.82) is 0 Å². The van der Waals surface area contributed by atoms with Crippen molar-refractivity contribution in [2.24, 2.45) is 0 Å². The molecular weight excluding hydrogens is 240 g/mol. The van der Waals surface area contributed by atoms with Crippen LogP contribution in [0.5, 0.6) is 0 Å². The Morgan fingerprint density at radius 1 is 1.35 bits per heavy atom. The molecular formula is C11H16N2O3S. The summed E-state index contributed by atoms with van der Waals surface area (Å²) in [5.74, 6) is 0. The van der Waals surface area contributed by atoms with Crippen molar-refractivity contribution >= 4 is 22.5 Å². The predicted octanol–water partition coefficient (Wildman–Crippen LogP) is 2.06. The summed E-state index contributed by atoms with van der Waals surface area (Å²) >= 11 is 0. The maximum atomic E-state index is 11.5. The number of nitrogens with zero attached hydrogens (tertiary/aromatic N) is 1. The van der Waals surface area contributed by atoms with E-state index in [1.54, 1.807) is 44.4 Å². The molecule has 2 N–H and O–H groups in total. The molecule has 0 fully saturated rings. The number of carbonyl (C=O) groups is 1. The summed E-state index contributed by atoms with van der Waals surface area (Å²) in [7, 11) is -1.04. The molecule has 6 heteroatoms. The summed E-state index contributed by atoms with van der Waals surface area (Å²) in [6.07, 6.45) is 1.59. The van der Waals surface area contributed by atoms with E-state index in [1.807, 2.05) is 0 Å². The van der Waals surface area contributed by atoms with Crippen LogP contribution in [0.1, 0.15) is 13.8 Å². The molecule has 1 aromatic carbocycles. The molecule has 0 aliphatic rings. The highest BCUT2D eigenvalue weighted by atomic mass is 32.2. The minimum atomic E-state index is -1.04. The van der Waals surface area contributed by atoms with Gasteiger partial charge in [-0.1, -0.05) is 0 Å². The number of nitrogens with one attached hydrogen (secondary N) is 1. The van der Waals surface area contributed by atoms with Gasteiger partial charge >= 0.3 is 6.03 Å². The van der Waals surface area contributed by atoms with Crippen LogP contribution in [0.3, 0.4) is 0 Å². The van der Waals surface area contributed by atoms with Crippen LogP contribution in [0.15, 0.2) is 29.2 Å². The first kappa shape index (κ1) is 13.7. The molecule has 17 heavy (non-hydrogen) atoms. The first-order valence-electron chi connectivity index (χ1n) is 5.14. The van der Waals surface area contributed by atoms with Crippen molar-refractivity contribution in [3.8, 4) is 0 Å². The van der Waals surface area contributed by atoms with E-state index in [-0.39, 0.29) is 6.04 Å². The number of benzene rings is 1. The van der Waals surface area contributed by atoms with Gasteiger partial charge in [-0.2, -0.15) is 0 Å². The first-order chi connectivity index (χ1) is 7.91. The summed E-state index contributed by atoms with van der Waals surface area (Å²) in [5, 5.41) is 12.5. The zero-order valence-electron chi connectivity index (χ0n) is 10.0. The van der Waals surface area contributed by atoms with Gasteiger partial charge in [-0.25, -0.2) is 9.86 Å². The second-order valence-electron chi connectivity index (χ2n) is 3.85. The largest absolute Gasteiger partial charge is 0.345 e. The highest BCUT2D eigenvalue weighted by Crippen LogP contribution is 2.12. The Morgan fingerprint density at radius 2 is 1.88 bits per heavy atom. The van der Waals surface area contributed by atoms with Crippen LogP contribution < -0.4 is 5.32 Å². The van der Waals surface area contributed by atoms with Crippen LogP contribution in [0, 0.1) is 0 Å². The van der Waals surface area contributed by atoms with Gasteiger partial charge in [-0.15, -0.1) is 0 Å². The van der Waals surface area contributed by atoms with Crippen LogP contribution in [0.25, 0.3) is 0 Å². The van der Waals surface area contributed by atoms with Gasteiger partial charge in [0.15, 0.2) is 0 Å². The number of hydrogen-bond acceptors (Lipinski definition) is 3. The molecule has 0 aliphatic heterocycles. The summed E-state index contributed by atoms with van der Waals surface area (Å²) < 4.78 is 11.2. The average molecular weight is 256 g/mol. The molecule has 1 atom stereocenters. The summed E-state index contributed by atoms with van der Waals surface area (Å²) in [6.45, 7) is 3.39. The Hall–Kier alpha value is -1.40. The maximum Gasteiger partial charge on any atom is 0.345 e. The molecule has 1 unspecified atom stereocenters. The normalized spacial score (nSPS) is 12.3. The van der Waals surface area contributed by atoms with E-state index in [9.17, 15) is 14.2 Å². The number of rotatable bonds is 3. The van der Waals surface area contributed by atoms with Crippen LogP contribution in [-0.4, -0.2) is 32.8 Å². The molecule has 1 aromatic rings. The number of amides is 2. The van der Waals surface area contributed by atoms with Gasteiger partial charge in [-0.05, 0) is 38.1 Å². The van der Waals surface area contributed by atoms with E-state index in [0.717, 1.165) is 0 Å². The van der Waals surface area contributed by atoms with Crippen molar-refractivity contribution in [3.63, 3.8) is 0 Å². The van der Waals surface area contributed by atoms with Crippen LogP contribution >= 0.6 is 0 Å². The Bertz CT molecular complexity index is 417. The molecule has 0 saturated heterocycles. The first-order valence-corrected chi connectivity index (χ1v) is 6.70. The summed E-state index contributed by atoms with van der Waals surface area (Å²) in [4.78, 5) is 12.2. The third kappa shape index (κ3) is 3.83. The molecule has 0 aromatic heterocycles. The van der Waals surface area contributed by atoms with Gasteiger partial charge in [0.2, 0.25) is 0 Å². The summed E-state index contributed by atoms with van der Waals surface area (Å²) in [6, 6.07) is 5.74. The fourth-order valence-electron chi connectivity index (χ4n) is 1.15. The van der Waals surface area contributed by atoms with Gasteiger partial charge in [-0.3, -0.25) is 9.42 Å². The third-order valence-corrected chi connectivity index (χ3v) is 3.07. The topological polar surface area (TPSA) is 69.6 Å². The van der Waals surface area contributed by atoms with Gasteiger partial charge < -0.3 is 5.32 Å². The lowest BCUT2D eigenvalue weighted by Gasteiger charge is -2.19. The lowest BCUT2D eigenvalue weighted by molar-refractivity contribution is -0.0622. The number of hydrogen-bond donors (Lipinski definition) is 2. The van der Waals surface area contributed by atoms with E-state index in [0.29, 0.717) is 15.6 Å². The molecule has 0 bridgehead atoms. The second kappa shape index (κ2) is 5.79. The third-order valence-electron chi connectivity index (χ3n) is 2.13. The monoisotopic (exact) mass is 256 g/mol. The van der Waals surface area contributed by atoms with Crippen LogP contribution in [0.2, 0.25) is 0 Å². The fraction of sp³-hybridized carbons (Fsp3) is 0.364. The standard InChI is InChI=1S/C11H16N2O3S/c1-8(2)13(15)11(14)12-9-4-6-10(7-5-9)17(3)16/h4-8,15H,1-3H3,(H,12,14). The number of hydroxylamine groups is 2. The van der Waals surface area contributed by atoms with E-state index in [4.69, 9.17) is 0 Å². The smallest absolute Gasteiger partial charge is 0.306 e. The minimum absolute atomic E-state index is 0.294. The highest BCUT2D eigenvalue weighted by Gasteiger charge is 2.13. The van der Waals surface area contributed by atoms with Crippen molar-refractivity contribution in [2.45, 2.75) is 24.8 Å². The maximum absolute atomic E-state index is 11.5. The molecule has 0 aliphatic carbocycles. The quantitative estimate of drug-likeness (QED) is 0.642. The molecule has 5 nitrogen and oxygen atoms in total. The van der Waals surface area contributed by atoms with E-state index >= 15 is 0 Å². The Balaban J connectivity index is 2.70. The Labute approximate surface area is 103 Å². The SMILES string of the molecule is CC(C)N(O)C(=O)Nc1ccc(S(C)=O)cc1. The van der Waals surface area contributed by atoms with Crippen molar-refractivity contribution in [1.82, 2.24) is 5.06 Å². The average Bonchev–Trinajstić information content (AvgIpc) is 2.28. The van der Waals surface area contributed by atoms with Gasteiger partial charge in [0, 0.05) is 27.6 Å². The predicted molar refractivity (Wildman–Crippen MR) is 66.6 cm³/mol. The van der Waals surface area contributed by atoms with Crippen molar-refractivity contribution in [2.75, 3.05) is 11.6 Å². The highest BCUT2D eigenvalue weighted by molar-refractivity contribution is 7.84. The minimum Gasteiger partial charge on any atom is -0.306 e. The molecule has 94 valence electrons. The van der Waals surface area contributed by atoms with E-state index < -0.39 is 16.8 Å². The Kier molecular flexibility index (Phi) is 4.65. The molecule has 0 radical (unpaired) electrons. The van der Waals surface area contributed by atoms with Crippen molar-refractivity contribution in [3.05, 3.63) is 24.3 Å². The lowest BCUT2D eigenvalue weighted by atomic mass is 10.3. The van der Waals surface area contributed by atoms with E-state index in [1.165, 1.54) is 0 Å². The van der Waals surface area contributed by atoms with Crippen LogP contribution in [0.4, 0.5) is 10.5 Å². The van der Waals surface area contributed by atoms with Crippen LogP contribution in [-0.2, 0) is 10.8 Å². The molecule has 2 amide bonds. The zero-order chi connectivity index (χ0) is 13.0. The van der Waals surface area contributed by atoms with Gasteiger partial charge in [0.25, 0.3) is 0 Å². The molecule has 0 heterocycles. The van der Waals surface area contributed by atoms with E-state index in [2.05, 4.69) is 5.32 Å². The number of urea groups is 1. The molecule has 1 rings (SSSR count). The van der Waals surface area contributed by atoms with Crippen molar-refractivity contribution < 1.29 is 14.2 Å². The molecule has 0 spiro atoms. The lowest BCUT2D eigenvalue weighted by Crippen LogP contribution is -2.37. The van der Waals surface area contributed by atoms with Gasteiger partial charge in [0.05, 0.1) is 6.04 Å². The summed E-state index contributed by atoms with van der Waals surface area (Å²) in [5.41, 5.74) is 0.545.